The third-order valence-corrected chi connectivity index (χ3v) is 3.15. The Morgan fingerprint density at radius 2 is 2.00 bits per heavy atom. The molecular weight excluding hydrogens is 186 g/mol. The lowest BCUT2D eigenvalue weighted by Crippen LogP contribution is -2.29. The smallest absolute Gasteiger partial charge is 0.115 e. The Kier molecular flexibility index (Phi) is 3.27. The van der Waals surface area contributed by atoms with Crippen LogP contribution in [-0.2, 0) is 6.42 Å². The third-order valence-electron chi connectivity index (χ3n) is 3.15. The van der Waals surface area contributed by atoms with E-state index in [0.29, 0.717) is 11.8 Å². The topological polar surface area (TPSA) is 32.3 Å². The van der Waals surface area contributed by atoms with E-state index < -0.39 is 0 Å². The molecule has 1 aliphatic rings. The number of rotatable bonds is 5. The van der Waals surface area contributed by atoms with Gasteiger partial charge in [-0.3, -0.25) is 0 Å². The summed E-state index contributed by atoms with van der Waals surface area (Å²) in [6.07, 6.45) is 3.83. The van der Waals surface area contributed by atoms with Crippen molar-refractivity contribution < 1.29 is 5.11 Å². The normalized spacial score (nSPS) is 17.7. The van der Waals surface area contributed by atoms with Gasteiger partial charge in [0.05, 0.1) is 0 Å². The fraction of sp³-hybridized carbons (Fsp3) is 0.538. The number of phenolic OH excluding ortho intramolecular Hbond substituents is 1. The van der Waals surface area contributed by atoms with Gasteiger partial charge in [-0.05, 0) is 56.3 Å². The highest BCUT2D eigenvalue weighted by Gasteiger charge is 2.27. The van der Waals surface area contributed by atoms with Gasteiger partial charge in [-0.25, -0.2) is 0 Å². The molecule has 1 aliphatic carbocycles. The first-order valence-corrected chi connectivity index (χ1v) is 5.77. The minimum absolute atomic E-state index is 0.345. The van der Waals surface area contributed by atoms with Gasteiger partial charge in [-0.15, -0.1) is 0 Å². The molecule has 1 atom stereocenters. The summed E-state index contributed by atoms with van der Waals surface area (Å²) in [6.45, 7) is 3.30. The molecule has 1 saturated carbocycles. The van der Waals surface area contributed by atoms with Crippen molar-refractivity contribution >= 4 is 0 Å². The van der Waals surface area contributed by atoms with E-state index in [2.05, 4.69) is 12.2 Å². The lowest BCUT2D eigenvalue weighted by atomic mass is 10.1. The minimum atomic E-state index is 0.345. The summed E-state index contributed by atoms with van der Waals surface area (Å²) in [5, 5.41) is 12.7. The SMILES string of the molecule is CC(NCCc1ccc(O)cc1)C1CC1. The van der Waals surface area contributed by atoms with E-state index in [1.807, 2.05) is 12.1 Å². The Balaban J connectivity index is 1.70. The Morgan fingerprint density at radius 3 is 2.60 bits per heavy atom. The summed E-state index contributed by atoms with van der Waals surface area (Å²) in [5.41, 5.74) is 1.28. The predicted molar refractivity (Wildman–Crippen MR) is 62.0 cm³/mol. The maximum atomic E-state index is 9.14. The van der Waals surface area contributed by atoms with Crippen molar-refractivity contribution in [3.05, 3.63) is 29.8 Å². The van der Waals surface area contributed by atoms with E-state index in [1.54, 1.807) is 12.1 Å². The zero-order valence-corrected chi connectivity index (χ0v) is 9.24. The van der Waals surface area contributed by atoms with Gasteiger partial charge in [0.2, 0.25) is 0 Å². The molecule has 15 heavy (non-hydrogen) atoms. The van der Waals surface area contributed by atoms with Gasteiger partial charge in [-0.1, -0.05) is 12.1 Å². The predicted octanol–water partition coefficient (Wildman–Crippen LogP) is 2.32. The highest BCUT2D eigenvalue weighted by Crippen LogP contribution is 2.32. The number of phenols is 1. The molecule has 82 valence electrons. The second-order valence-electron chi connectivity index (χ2n) is 4.50. The van der Waals surface area contributed by atoms with Crippen molar-refractivity contribution in [2.75, 3.05) is 6.54 Å². The van der Waals surface area contributed by atoms with Crippen LogP contribution in [-0.4, -0.2) is 17.7 Å². The Labute approximate surface area is 91.3 Å². The van der Waals surface area contributed by atoms with Crippen LogP contribution in [0.4, 0.5) is 0 Å². The fourth-order valence-electron chi connectivity index (χ4n) is 1.87. The van der Waals surface area contributed by atoms with Crippen LogP contribution in [0.2, 0.25) is 0 Å². The van der Waals surface area contributed by atoms with Crippen molar-refractivity contribution in [3.8, 4) is 5.75 Å². The Morgan fingerprint density at radius 1 is 1.33 bits per heavy atom. The highest BCUT2D eigenvalue weighted by atomic mass is 16.3. The van der Waals surface area contributed by atoms with Gasteiger partial charge < -0.3 is 10.4 Å². The molecule has 1 unspecified atom stereocenters. The van der Waals surface area contributed by atoms with Crippen LogP contribution in [0.3, 0.4) is 0 Å². The molecule has 2 nitrogen and oxygen atoms in total. The van der Waals surface area contributed by atoms with E-state index in [1.165, 1.54) is 18.4 Å². The van der Waals surface area contributed by atoms with Gasteiger partial charge in [0.1, 0.15) is 5.75 Å². The van der Waals surface area contributed by atoms with Crippen LogP contribution in [0.5, 0.6) is 5.75 Å². The number of benzene rings is 1. The molecule has 0 radical (unpaired) electrons. The van der Waals surface area contributed by atoms with Gasteiger partial charge in [0, 0.05) is 6.04 Å². The zero-order chi connectivity index (χ0) is 10.7. The largest absolute Gasteiger partial charge is 0.508 e. The average Bonchev–Trinajstić information content (AvgIpc) is 3.04. The average molecular weight is 205 g/mol. The van der Waals surface area contributed by atoms with Crippen LogP contribution < -0.4 is 5.32 Å². The summed E-state index contributed by atoms with van der Waals surface area (Å²) in [4.78, 5) is 0. The first kappa shape index (κ1) is 10.5. The molecule has 0 aliphatic heterocycles. The third kappa shape index (κ3) is 3.24. The van der Waals surface area contributed by atoms with Gasteiger partial charge in [0.25, 0.3) is 0 Å². The zero-order valence-electron chi connectivity index (χ0n) is 9.24. The van der Waals surface area contributed by atoms with Crippen molar-refractivity contribution in [3.63, 3.8) is 0 Å². The lowest BCUT2D eigenvalue weighted by molar-refractivity contribution is 0.474. The van der Waals surface area contributed by atoms with Crippen LogP contribution >= 0.6 is 0 Å². The number of aromatic hydroxyl groups is 1. The molecule has 0 saturated heterocycles. The Bertz CT molecular complexity index is 303. The minimum Gasteiger partial charge on any atom is -0.508 e. The maximum Gasteiger partial charge on any atom is 0.115 e. The summed E-state index contributed by atoms with van der Waals surface area (Å²) in [5.74, 6) is 1.27. The second kappa shape index (κ2) is 4.67. The molecule has 2 rings (SSSR count). The van der Waals surface area contributed by atoms with Gasteiger partial charge >= 0.3 is 0 Å². The fourth-order valence-corrected chi connectivity index (χ4v) is 1.87. The van der Waals surface area contributed by atoms with Crippen molar-refractivity contribution in [2.24, 2.45) is 5.92 Å². The van der Waals surface area contributed by atoms with Crippen molar-refractivity contribution in [1.29, 1.82) is 0 Å². The molecule has 0 spiro atoms. The first-order chi connectivity index (χ1) is 7.25. The van der Waals surface area contributed by atoms with Gasteiger partial charge in [-0.2, -0.15) is 0 Å². The van der Waals surface area contributed by atoms with Crippen LogP contribution in [0, 0.1) is 5.92 Å². The summed E-state index contributed by atoms with van der Waals surface area (Å²) in [6, 6.07) is 8.14. The number of nitrogens with one attached hydrogen (secondary N) is 1. The van der Waals surface area contributed by atoms with Crippen molar-refractivity contribution in [1.82, 2.24) is 5.32 Å². The molecule has 1 fully saturated rings. The first-order valence-electron chi connectivity index (χ1n) is 5.77. The Hall–Kier alpha value is -1.02. The van der Waals surface area contributed by atoms with E-state index >= 15 is 0 Å². The van der Waals surface area contributed by atoms with E-state index in [-0.39, 0.29) is 0 Å². The standard InChI is InChI=1S/C13H19NO/c1-10(12-4-5-12)14-9-8-11-2-6-13(15)7-3-11/h2-3,6-7,10,12,14-15H,4-5,8-9H2,1H3. The molecule has 0 aromatic heterocycles. The summed E-state index contributed by atoms with van der Waals surface area (Å²) >= 11 is 0. The molecule has 1 aromatic rings. The quantitative estimate of drug-likeness (QED) is 0.773. The van der Waals surface area contributed by atoms with Crippen LogP contribution in [0.15, 0.2) is 24.3 Å². The van der Waals surface area contributed by atoms with Gasteiger partial charge in [0.15, 0.2) is 0 Å². The second-order valence-corrected chi connectivity index (χ2v) is 4.50. The molecule has 2 heteroatoms. The molecule has 0 heterocycles. The molecule has 0 bridgehead atoms. The monoisotopic (exact) mass is 205 g/mol. The highest BCUT2D eigenvalue weighted by molar-refractivity contribution is 5.25. The van der Waals surface area contributed by atoms with Crippen molar-refractivity contribution in [2.45, 2.75) is 32.2 Å². The molecule has 1 aromatic carbocycles. The van der Waals surface area contributed by atoms with E-state index in [0.717, 1.165) is 18.9 Å². The summed E-state index contributed by atoms with van der Waals surface area (Å²) in [7, 11) is 0. The van der Waals surface area contributed by atoms with E-state index in [4.69, 9.17) is 5.11 Å². The molecule has 0 amide bonds. The van der Waals surface area contributed by atoms with E-state index in [9.17, 15) is 0 Å². The number of hydrogen-bond donors (Lipinski definition) is 2. The maximum absolute atomic E-state index is 9.14. The number of hydrogen-bond acceptors (Lipinski definition) is 2. The summed E-state index contributed by atoms with van der Waals surface area (Å²) < 4.78 is 0. The van der Waals surface area contributed by atoms with Crippen LogP contribution in [0.1, 0.15) is 25.3 Å². The lowest BCUT2D eigenvalue weighted by Gasteiger charge is -2.12. The molecular formula is C13H19NO. The van der Waals surface area contributed by atoms with Crippen LogP contribution in [0.25, 0.3) is 0 Å². The molecule has 2 N–H and O–H groups in total.